The van der Waals surface area contributed by atoms with Gasteiger partial charge in [0.1, 0.15) is 0 Å². The van der Waals surface area contributed by atoms with Gasteiger partial charge in [-0.2, -0.15) is 0 Å². The van der Waals surface area contributed by atoms with Gasteiger partial charge in [0, 0.05) is 0 Å². The van der Waals surface area contributed by atoms with Crippen LogP contribution in [0, 0.1) is 0 Å². The molecule has 0 radical (unpaired) electrons. The fraction of sp³-hybridized carbons (Fsp3) is 0.200. The predicted octanol–water partition coefficient (Wildman–Crippen LogP) is 6.20. The Labute approximate surface area is 123 Å². The summed E-state index contributed by atoms with van der Waals surface area (Å²) in [6.45, 7) is 16.2. The summed E-state index contributed by atoms with van der Waals surface area (Å²) in [6, 6.07) is 8.51. The average Bonchev–Trinajstić information content (AvgIpc) is 2.44. The first-order valence-electron chi connectivity index (χ1n) is 6.89. The third-order valence-corrected chi connectivity index (χ3v) is 3.29. The van der Waals surface area contributed by atoms with Crippen molar-refractivity contribution in [2.75, 3.05) is 0 Å². The highest BCUT2D eigenvalue weighted by Gasteiger charge is 1.97. The van der Waals surface area contributed by atoms with Crippen molar-refractivity contribution in [3.8, 4) is 0 Å². The Morgan fingerprint density at radius 1 is 0.900 bits per heavy atom. The molecule has 0 aliphatic carbocycles. The first-order chi connectivity index (χ1) is 9.45. The van der Waals surface area contributed by atoms with Crippen molar-refractivity contribution in [2.24, 2.45) is 0 Å². The summed E-state index contributed by atoms with van der Waals surface area (Å²) < 4.78 is 0. The van der Waals surface area contributed by atoms with Crippen LogP contribution in [-0.4, -0.2) is 0 Å². The molecule has 0 spiro atoms. The summed E-state index contributed by atoms with van der Waals surface area (Å²) in [7, 11) is 0. The SMILES string of the molecule is C=C(/C=C\C)/C(C)=C/C=C(\C)c1ccc(C(=C)C)cc1. The quantitative estimate of drug-likeness (QED) is 0.555. The third kappa shape index (κ3) is 4.55. The topological polar surface area (TPSA) is 0 Å². The average molecular weight is 264 g/mol. The van der Waals surface area contributed by atoms with Crippen LogP contribution in [0.3, 0.4) is 0 Å². The maximum atomic E-state index is 4.03. The molecule has 0 N–H and O–H groups in total. The van der Waals surface area contributed by atoms with Crippen molar-refractivity contribution in [2.45, 2.75) is 27.7 Å². The van der Waals surface area contributed by atoms with Crippen LogP contribution in [-0.2, 0) is 0 Å². The highest BCUT2D eigenvalue weighted by Crippen LogP contribution is 2.19. The molecule has 0 saturated carbocycles. The monoisotopic (exact) mass is 264 g/mol. The zero-order chi connectivity index (χ0) is 15.1. The smallest absolute Gasteiger partial charge is 0.0227 e. The fourth-order valence-electron chi connectivity index (χ4n) is 1.80. The van der Waals surface area contributed by atoms with E-state index >= 15 is 0 Å². The molecular formula is C20H24. The Morgan fingerprint density at radius 2 is 1.45 bits per heavy atom. The van der Waals surface area contributed by atoms with Gasteiger partial charge in [0.2, 0.25) is 0 Å². The summed E-state index contributed by atoms with van der Waals surface area (Å²) in [5, 5.41) is 0. The van der Waals surface area contributed by atoms with Gasteiger partial charge in [-0.3, -0.25) is 0 Å². The molecule has 0 bridgehead atoms. The van der Waals surface area contributed by atoms with Gasteiger partial charge in [-0.15, -0.1) is 0 Å². The Bertz CT molecular complexity index is 575. The molecule has 0 amide bonds. The predicted molar refractivity (Wildman–Crippen MR) is 92.5 cm³/mol. The van der Waals surface area contributed by atoms with Crippen molar-refractivity contribution in [3.63, 3.8) is 0 Å². The number of rotatable bonds is 5. The van der Waals surface area contributed by atoms with Gasteiger partial charge in [-0.1, -0.05) is 67.3 Å². The van der Waals surface area contributed by atoms with E-state index in [4.69, 9.17) is 0 Å². The molecule has 0 heterocycles. The number of benzene rings is 1. The minimum atomic E-state index is 1.05. The maximum Gasteiger partial charge on any atom is -0.0227 e. The third-order valence-electron chi connectivity index (χ3n) is 3.29. The van der Waals surface area contributed by atoms with Gasteiger partial charge in [0.25, 0.3) is 0 Å². The molecule has 1 aromatic carbocycles. The zero-order valence-corrected chi connectivity index (χ0v) is 13.0. The molecule has 0 aromatic heterocycles. The van der Waals surface area contributed by atoms with Gasteiger partial charge in [0.15, 0.2) is 0 Å². The van der Waals surface area contributed by atoms with Crippen LogP contribution >= 0.6 is 0 Å². The van der Waals surface area contributed by atoms with E-state index in [0.717, 1.165) is 11.1 Å². The van der Waals surface area contributed by atoms with Gasteiger partial charge < -0.3 is 0 Å². The molecule has 0 aliphatic rings. The zero-order valence-electron chi connectivity index (χ0n) is 13.0. The van der Waals surface area contributed by atoms with E-state index in [9.17, 15) is 0 Å². The molecule has 0 aliphatic heterocycles. The normalized spacial score (nSPS) is 12.8. The molecule has 20 heavy (non-hydrogen) atoms. The molecule has 0 fully saturated rings. The molecule has 0 atom stereocenters. The lowest BCUT2D eigenvalue weighted by molar-refractivity contribution is 1.43. The van der Waals surface area contributed by atoms with E-state index in [-0.39, 0.29) is 0 Å². The number of hydrogen-bond donors (Lipinski definition) is 0. The molecule has 0 unspecified atom stereocenters. The minimum absolute atomic E-state index is 1.05. The van der Waals surface area contributed by atoms with E-state index in [2.05, 4.69) is 63.4 Å². The maximum absolute atomic E-state index is 4.03. The highest BCUT2D eigenvalue weighted by atomic mass is 14.0. The molecule has 0 heteroatoms. The summed E-state index contributed by atoms with van der Waals surface area (Å²) in [6.07, 6.45) is 8.29. The molecule has 1 aromatic rings. The largest absolute Gasteiger partial charge is 0.0955 e. The van der Waals surface area contributed by atoms with Crippen LogP contribution < -0.4 is 0 Å². The van der Waals surface area contributed by atoms with Crippen LogP contribution in [0.2, 0.25) is 0 Å². The van der Waals surface area contributed by atoms with Crippen molar-refractivity contribution < 1.29 is 0 Å². The van der Waals surface area contributed by atoms with Gasteiger partial charge in [-0.05, 0) is 55.5 Å². The van der Waals surface area contributed by atoms with Crippen LogP contribution in [0.25, 0.3) is 11.1 Å². The number of allylic oxidation sites excluding steroid dienone is 8. The van der Waals surface area contributed by atoms with Crippen molar-refractivity contribution >= 4 is 11.1 Å². The highest BCUT2D eigenvalue weighted by molar-refractivity contribution is 5.69. The standard InChI is InChI=1S/C20H24/c1-7-8-16(4)17(5)9-10-18(6)20-13-11-19(12-14-20)15(2)3/h7-14H,2,4H2,1,3,5-6H3/b8-7-,17-9+,18-10+. The van der Waals surface area contributed by atoms with Gasteiger partial charge >= 0.3 is 0 Å². The summed E-state index contributed by atoms with van der Waals surface area (Å²) in [5.41, 5.74) is 6.99. The Kier molecular flexibility index (Phi) is 5.99. The lowest BCUT2D eigenvalue weighted by atomic mass is 10.0. The van der Waals surface area contributed by atoms with E-state index in [0.29, 0.717) is 0 Å². The lowest BCUT2D eigenvalue weighted by Gasteiger charge is -2.04. The first-order valence-corrected chi connectivity index (χ1v) is 6.89. The van der Waals surface area contributed by atoms with Gasteiger partial charge in [0.05, 0.1) is 0 Å². The van der Waals surface area contributed by atoms with Crippen LogP contribution in [0.5, 0.6) is 0 Å². The van der Waals surface area contributed by atoms with Crippen LogP contribution in [0.4, 0.5) is 0 Å². The Morgan fingerprint density at radius 3 is 1.95 bits per heavy atom. The van der Waals surface area contributed by atoms with Crippen LogP contribution in [0.15, 0.2) is 72.9 Å². The van der Waals surface area contributed by atoms with Gasteiger partial charge in [-0.25, -0.2) is 0 Å². The van der Waals surface area contributed by atoms with E-state index in [1.165, 1.54) is 22.3 Å². The molecule has 0 saturated heterocycles. The second kappa shape index (κ2) is 7.49. The second-order valence-corrected chi connectivity index (χ2v) is 5.08. The summed E-state index contributed by atoms with van der Waals surface area (Å²) >= 11 is 0. The van der Waals surface area contributed by atoms with Crippen molar-refractivity contribution in [3.05, 3.63) is 84.0 Å². The lowest BCUT2D eigenvalue weighted by Crippen LogP contribution is -1.83. The molecule has 104 valence electrons. The Hall–Kier alpha value is -2.08. The molecular weight excluding hydrogens is 240 g/mol. The summed E-state index contributed by atoms with van der Waals surface area (Å²) in [5.74, 6) is 0. The summed E-state index contributed by atoms with van der Waals surface area (Å²) in [4.78, 5) is 0. The van der Waals surface area contributed by atoms with E-state index < -0.39 is 0 Å². The Balaban J connectivity index is 2.91. The van der Waals surface area contributed by atoms with E-state index in [1.54, 1.807) is 0 Å². The second-order valence-electron chi connectivity index (χ2n) is 5.08. The minimum Gasteiger partial charge on any atom is -0.0955 e. The van der Waals surface area contributed by atoms with Crippen molar-refractivity contribution in [1.29, 1.82) is 0 Å². The molecule has 0 nitrogen and oxygen atoms in total. The number of hydrogen-bond acceptors (Lipinski definition) is 0. The van der Waals surface area contributed by atoms with E-state index in [1.807, 2.05) is 26.0 Å². The fourth-order valence-corrected chi connectivity index (χ4v) is 1.80. The first kappa shape index (κ1) is 16.0. The molecule has 1 rings (SSSR count). The van der Waals surface area contributed by atoms with Crippen molar-refractivity contribution in [1.82, 2.24) is 0 Å². The van der Waals surface area contributed by atoms with Crippen LogP contribution in [0.1, 0.15) is 38.8 Å².